The monoisotopic (exact) mass is 371 g/mol. The molecule has 0 saturated heterocycles. The minimum absolute atomic E-state index is 0.121. The van der Waals surface area contributed by atoms with E-state index in [4.69, 9.17) is 0 Å². The predicted octanol–water partition coefficient (Wildman–Crippen LogP) is 3.62. The molecule has 6 heteroatoms. The lowest BCUT2D eigenvalue weighted by molar-refractivity contribution is 0.0952. The molecule has 0 bridgehead atoms. The van der Waals surface area contributed by atoms with Crippen LogP contribution in [-0.4, -0.2) is 25.4 Å². The van der Waals surface area contributed by atoms with Crippen LogP contribution in [0.5, 0.6) is 0 Å². The van der Waals surface area contributed by atoms with Crippen molar-refractivity contribution in [3.05, 3.63) is 83.7 Å². The molecule has 1 aromatic carbocycles. The van der Waals surface area contributed by atoms with Gasteiger partial charge in [-0.15, -0.1) is 0 Å². The number of nitrogens with zero attached hydrogens (tertiary/aromatic N) is 4. The molecule has 4 rings (SSSR count). The van der Waals surface area contributed by atoms with Crippen molar-refractivity contribution in [2.24, 2.45) is 0 Å². The van der Waals surface area contributed by atoms with Crippen LogP contribution in [0.1, 0.15) is 34.1 Å². The van der Waals surface area contributed by atoms with Crippen LogP contribution in [0, 0.1) is 6.92 Å². The third kappa shape index (κ3) is 3.49. The van der Waals surface area contributed by atoms with Gasteiger partial charge in [-0.05, 0) is 43.2 Å². The van der Waals surface area contributed by atoms with E-state index in [1.54, 1.807) is 18.7 Å². The summed E-state index contributed by atoms with van der Waals surface area (Å²) >= 11 is 0. The molecule has 3 aromatic heterocycles. The molecule has 0 unspecified atom stereocenters. The first-order valence-corrected chi connectivity index (χ1v) is 9.26. The summed E-state index contributed by atoms with van der Waals surface area (Å²) in [6.07, 6.45) is 7.87. The third-order valence-electron chi connectivity index (χ3n) is 4.71. The van der Waals surface area contributed by atoms with E-state index < -0.39 is 0 Å². The maximum atomic E-state index is 13.0. The summed E-state index contributed by atoms with van der Waals surface area (Å²) in [6, 6.07) is 11.8. The van der Waals surface area contributed by atoms with E-state index >= 15 is 0 Å². The normalized spacial score (nSPS) is 10.9. The van der Waals surface area contributed by atoms with Gasteiger partial charge < -0.3 is 5.32 Å². The van der Waals surface area contributed by atoms with Crippen LogP contribution in [0.15, 0.2) is 61.3 Å². The number of aromatic nitrogens is 4. The van der Waals surface area contributed by atoms with Crippen LogP contribution in [0.3, 0.4) is 0 Å². The van der Waals surface area contributed by atoms with Gasteiger partial charge >= 0.3 is 0 Å². The first-order chi connectivity index (χ1) is 13.7. The van der Waals surface area contributed by atoms with Gasteiger partial charge in [0, 0.05) is 41.8 Å². The fourth-order valence-corrected chi connectivity index (χ4v) is 3.27. The summed E-state index contributed by atoms with van der Waals surface area (Å²) in [5, 5.41) is 3.91. The van der Waals surface area contributed by atoms with Crippen LogP contribution >= 0.6 is 0 Å². The van der Waals surface area contributed by atoms with Gasteiger partial charge in [0.1, 0.15) is 12.1 Å². The zero-order valence-electron chi connectivity index (χ0n) is 15.9. The molecular weight excluding hydrogens is 350 g/mol. The molecule has 28 heavy (non-hydrogen) atoms. The molecule has 140 valence electrons. The second-order valence-electron chi connectivity index (χ2n) is 6.66. The lowest BCUT2D eigenvalue weighted by Crippen LogP contribution is -2.24. The molecule has 0 saturated carbocycles. The third-order valence-corrected chi connectivity index (χ3v) is 4.71. The summed E-state index contributed by atoms with van der Waals surface area (Å²) in [7, 11) is 0. The number of aryl methyl sites for hydroxylation is 2. The van der Waals surface area contributed by atoms with E-state index in [1.165, 1.54) is 5.56 Å². The molecule has 0 aliphatic heterocycles. The quantitative estimate of drug-likeness (QED) is 0.582. The van der Waals surface area contributed by atoms with E-state index in [0.717, 1.165) is 34.4 Å². The second kappa shape index (κ2) is 7.60. The number of nitrogens with one attached hydrogen (secondary N) is 1. The van der Waals surface area contributed by atoms with Crippen molar-refractivity contribution in [2.45, 2.75) is 26.8 Å². The Hall–Kier alpha value is -3.54. The van der Waals surface area contributed by atoms with E-state index in [-0.39, 0.29) is 5.91 Å². The summed E-state index contributed by atoms with van der Waals surface area (Å²) < 4.78 is 1.83. The van der Waals surface area contributed by atoms with Crippen LogP contribution in [-0.2, 0) is 13.0 Å². The highest BCUT2D eigenvalue weighted by molar-refractivity contribution is 6.06. The Morgan fingerprint density at radius 3 is 2.86 bits per heavy atom. The molecule has 3 heterocycles. The molecular formula is C22H21N5O. The van der Waals surface area contributed by atoms with Gasteiger partial charge in [0.25, 0.3) is 5.91 Å². The number of carbonyl (C=O) groups excluding carboxylic acids is 1. The summed E-state index contributed by atoms with van der Waals surface area (Å²) in [6.45, 7) is 4.38. The van der Waals surface area contributed by atoms with Gasteiger partial charge in [-0.3, -0.25) is 14.3 Å². The van der Waals surface area contributed by atoms with Crippen molar-refractivity contribution in [3.63, 3.8) is 0 Å². The Kier molecular flexibility index (Phi) is 4.85. The molecule has 1 amide bonds. The molecule has 0 aliphatic rings. The second-order valence-corrected chi connectivity index (χ2v) is 6.66. The lowest BCUT2D eigenvalue weighted by Gasteiger charge is -2.12. The van der Waals surface area contributed by atoms with E-state index in [2.05, 4.69) is 39.3 Å². The Labute approximate surface area is 163 Å². The number of rotatable bonds is 5. The standard InChI is InChI=1S/C22H21N5O/c1-3-16-6-7-20-18(12-16)19(11-15(2)26-20)22(28)25-13-17-5-4-8-24-21(17)27-10-9-23-14-27/h4-12,14H,3,13H2,1-2H3,(H,25,28). The van der Waals surface area contributed by atoms with Crippen LogP contribution < -0.4 is 5.32 Å². The molecule has 0 aliphatic carbocycles. The molecule has 0 spiro atoms. The molecule has 6 nitrogen and oxygen atoms in total. The number of fused-ring (bicyclic) bond motifs is 1. The fourth-order valence-electron chi connectivity index (χ4n) is 3.27. The number of hydrogen-bond acceptors (Lipinski definition) is 4. The van der Waals surface area contributed by atoms with Crippen molar-refractivity contribution in [2.75, 3.05) is 0 Å². The molecule has 1 N–H and O–H groups in total. The lowest BCUT2D eigenvalue weighted by atomic mass is 10.0. The number of hydrogen-bond donors (Lipinski definition) is 1. The topological polar surface area (TPSA) is 72.7 Å². The maximum Gasteiger partial charge on any atom is 0.252 e. The zero-order valence-corrected chi connectivity index (χ0v) is 15.9. The first kappa shape index (κ1) is 17.9. The number of pyridine rings is 2. The van der Waals surface area contributed by atoms with E-state index in [0.29, 0.717) is 12.1 Å². The Bertz CT molecular complexity index is 1140. The molecule has 0 fully saturated rings. The van der Waals surface area contributed by atoms with Crippen molar-refractivity contribution in [1.29, 1.82) is 0 Å². The van der Waals surface area contributed by atoms with Gasteiger partial charge in [-0.25, -0.2) is 9.97 Å². The highest BCUT2D eigenvalue weighted by Gasteiger charge is 2.14. The minimum Gasteiger partial charge on any atom is -0.348 e. The van der Waals surface area contributed by atoms with Crippen molar-refractivity contribution < 1.29 is 4.79 Å². The molecule has 0 atom stereocenters. The maximum absolute atomic E-state index is 13.0. The van der Waals surface area contributed by atoms with Crippen LogP contribution in [0.4, 0.5) is 0 Å². The Morgan fingerprint density at radius 2 is 2.07 bits per heavy atom. The Balaban J connectivity index is 1.64. The first-order valence-electron chi connectivity index (χ1n) is 9.26. The number of imidazole rings is 1. The highest BCUT2D eigenvalue weighted by Crippen LogP contribution is 2.21. The number of carbonyl (C=O) groups is 1. The van der Waals surface area contributed by atoms with Gasteiger partial charge in [-0.1, -0.05) is 19.1 Å². The average Bonchev–Trinajstić information content (AvgIpc) is 3.26. The van der Waals surface area contributed by atoms with Crippen LogP contribution in [0.2, 0.25) is 0 Å². The fraction of sp³-hybridized carbons (Fsp3) is 0.182. The van der Waals surface area contributed by atoms with Crippen molar-refractivity contribution >= 4 is 16.8 Å². The molecule has 0 radical (unpaired) electrons. The minimum atomic E-state index is -0.121. The predicted molar refractivity (Wildman–Crippen MR) is 108 cm³/mol. The average molecular weight is 371 g/mol. The van der Waals surface area contributed by atoms with Gasteiger partial charge in [0.15, 0.2) is 0 Å². The SMILES string of the molecule is CCc1ccc2nc(C)cc(C(=O)NCc3cccnc3-n3ccnc3)c2c1. The highest BCUT2D eigenvalue weighted by atomic mass is 16.1. The van der Waals surface area contributed by atoms with Gasteiger partial charge in [0.2, 0.25) is 0 Å². The number of benzene rings is 1. The Morgan fingerprint density at radius 1 is 1.18 bits per heavy atom. The summed E-state index contributed by atoms with van der Waals surface area (Å²) in [5.74, 6) is 0.633. The van der Waals surface area contributed by atoms with E-state index in [9.17, 15) is 4.79 Å². The zero-order chi connectivity index (χ0) is 19.5. The van der Waals surface area contributed by atoms with Crippen LogP contribution in [0.25, 0.3) is 16.7 Å². The number of amides is 1. The van der Waals surface area contributed by atoms with Crippen molar-refractivity contribution in [1.82, 2.24) is 24.8 Å². The summed E-state index contributed by atoms with van der Waals surface area (Å²) in [4.78, 5) is 26.1. The molecule has 4 aromatic rings. The largest absolute Gasteiger partial charge is 0.348 e. The summed E-state index contributed by atoms with van der Waals surface area (Å²) in [5.41, 5.74) is 4.40. The van der Waals surface area contributed by atoms with Gasteiger partial charge in [-0.2, -0.15) is 0 Å². The smallest absolute Gasteiger partial charge is 0.252 e. The van der Waals surface area contributed by atoms with E-state index in [1.807, 2.05) is 42.0 Å². The van der Waals surface area contributed by atoms with Gasteiger partial charge in [0.05, 0.1) is 11.1 Å². The van der Waals surface area contributed by atoms with Crippen molar-refractivity contribution in [3.8, 4) is 5.82 Å².